The van der Waals surface area contributed by atoms with Gasteiger partial charge in [-0.05, 0) is 63.8 Å². The van der Waals surface area contributed by atoms with Gasteiger partial charge in [0, 0.05) is 36.7 Å². The van der Waals surface area contributed by atoms with E-state index in [2.05, 4.69) is 36.8 Å². The molecule has 0 aliphatic carbocycles. The van der Waals surface area contributed by atoms with Crippen LogP contribution in [0.2, 0.25) is 0 Å². The molecule has 1 unspecified atom stereocenters. The van der Waals surface area contributed by atoms with Crippen LogP contribution in [0.1, 0.15) is 22.3 Å². The van der Waals surface area contributed by atoms with Gasteiger partial charge in [0.05, 0.1) is 6.54 Å². The number of thiophene rings is 1. The van der Waals surface area contributed by atoms with E-state index in [1.165, 1.54) is 29.1 Å². The Morgan fingerprint density at radius 3 is 2.22 bits per heavy atom. The molecular weight excluding hydrogens is 430 g/mol. The molecule has 5 rings (SSSR count). The summed E-state index contributed by atoms with van der Waals surface area (Å²) < 4.78 is 28.4. The Kier molecular flexibility index (Phi) is 5.91. The normalized spacial score (nSPS) is 15.8. The van der Waals surface area contributed by atoms with Crippen LogP contribution in [-0.4, -0.2) is 51.3 Å². The summed E-state index contributed by atoms with van der Waals surface area (Å²) in [6.45, 7) is 3.77. The van der Waals surface area contributed by atoms with E-state index in [0.717, 1.165) is 43.3 Å². The predicted octanol–water partition coefficient (Wildman–Crippen LogP) is 3.97. The Morgan fingerprint density at radius 1 is 0.875 bits per heavy atom. The van der Waals surface area contributed by atoms with Gasteiger partial charge in [-0.2, -0.15) is 0 Å². The zero-order valence-electron chi connectivity index (χ0n) is 17.3. The average Bonchev–Trinajstić information content (AvgIpc) is 3.50. The Morgan fingerprint density at radius 2 is 1.56 bits per heavy atom. The highest BCUT2D eigenvalue weighted by atomic mass is 32.1. The number of nitrogens with zero attached hydrogens (tertiary/aromatic N) is 6. The Labute approximate surface area is 188 Å². The average molecular weight is 453 g/mol. The summed E-state index contributed by atoms with van der Waals surface area (Å²) in [5.41, 5.74) is 1.96. The Bertz CT molecular complexity index is 1140. The van der Waals surface area contributed by atoms with Crippen LogP contribution in [0.3, 0.4) is 0 Å². The zero-order valence-corrected chi connectivity index (χ0v) is 18.1. The maximum Gasteiger partial charge on any atom is 0.174 e. The van der Waals surface area contributed by atoms with Crippen molar-refractivity contribution in [2.75, 3.05) is 31.1 Å². The van der Waals surface area contributed by atoms with Gasteiger partial charge in [0.25, 0.3) is 0 Å². The fourth-order valence-corrected chi connectivity index (χ4v) is 4.95. The first-order valence-electron chi connectivity index (χ1n) is 10.5. The molecule has 2 aromatic carbocycles. The number of piperazine rings is 1. The van der Waals surface area contributed by atoms with E-state index < -0.39 is 0 Å². The van der Waals surface area contributed by atoms with Crippen LogP contribution >= 0.6 is 11.3 Å². The predicted molar refractivity (Wildman–Crippen MR) is 120 cm³/mol. The third kappa shape index (κ3) is 4.39. The maximum atomic E-state index is 13.3. The van der Waals surface area contributed by atoms with Gasteiger partial charge < -0.3 is 4.90 Å². The SMILES string of the molecule is Fc1ccc(Cn2nnnc2C(c2cccs2)N2CCN(c3ccc(F)cc3)CC2)cc1. The molecule has 0 radical (unpaired) electrons. The minimum Gasteiger partial charge on any atom is -0.369 e. The Balaban J connectivity index is 1.37. The van der Waals surface area contributed by atoms with E-state index in [1.54, 1.807) is 28.2 Å². The molecule has 1 atom stereocenters. The van der Waals surface area contributed by atoms with Gasteiger partial charge in [0.2, 0.25) is 0 Å². The molecule has 1 fully saturated rings. The molecule has 0 spiro atoms. The number of aromatic nitrogens is 4. The molecule has 9 heteroatoms. The van der Waals surface area contributed by atoms with Crippen molar-refractivity contribution < 1.29 is 8.78 Å². The van der Waals surface area contributed by atoms with E-state index >= 15 is 0 Å². The minimum atomic E-state index is -0.263. The summed E-state index contributed by atoms with van der Waals surface area (Å²) in [5.74, 6) is 0.284. The molecule has 1 saturated heterocycles. The highest BCUT2D eigenvalue weighted by Gasteiger charge is 2.31. The molecule has 0 N–H and O–H groups in total. The summed E-state index contributed by atoms with van der Waals surface area (Å²) in [4.78, 5) is 5.83. The number of hydrogen-bond donors (Lipinski definition) is 0. The molecule has 1 aliphatic rings. The van der Waals surface area contributed by atoms with E-state index in [0.29, 0.717) is 6.54 Å². The highest BCUT2D eigenvalue weighted by Crippen LogP contribution is 2.32. The monoisotopic (exact) mass is 452 g/mol. The standard InChI is InChI=1S/C23H22F2N6S/c24-18-5-3-17(4-6-18)16-31-23(26-27-28-31)22(21-2-1-15-32-21)30-13-11-29(12-14-30)20-9-7-19(25)8-10-20/h1-10,15,22H,11-14,16H2. The van der Waals surface area contributed by atoms with Crippen LogP contribution in [0.25, 0.3) is 0 Å². The summed E-state index contributed by atoms with van der Waals surface area (Å²) in [6.07, 6.45) is 0. The fraction of sp³-hybridized carbons (Fsp3) is 0.261. The fourth-order valence-electron chi connectivity index (χ4n) is 4.09. The van der Waals surface area contributed by atoms with Crippen LogP contribution in [0.15, 0.2) is 66.0 Å². The van der Waals surface area contributed by atoms with E-state index in [-0.39, 0.29) is 17.7 Å². The maximum absolute atomic E-state index is 13.3. The van der Waals surface area contributed by atoms with Crippen molar-refractivity contribution in [3.05, 3.63) is 93.9 Å². The number of halogens is 2. The molecule has 3 heterocycles. The van der Waals surface area contributed by atoms with E-state index in [1.807, 2.05) is 18.2 Å². The molecular formula is C23H22F2N6S. The molecule has 2 aromatic heterocycles. The first-order chi connectivity index (χ1) is 15.7. The smallest absolute Gasteiger partial charge is 0.174 e. The van der Waals surface area contributed by atoms with Crippen molar-refractivity contribution >= 4 is 17.0 Å². The molecule has 0 saturated carbocycles. The van der Waals surface area contributed by atoms with Gasteiger partial charge in [0.15, 0.2) is 5.82 Å². The molecule has 1 aliphatic heterocycles. The van der Waals surface area contributed by atoms with Gasteiger partial charge in [-0.25, -0.2) is 13.5 Å². The lowest BCUT2D eigenvalue weighted by Crippen LogP contribution is -2.48. The second-order valence-electron chi connectivity index (χ2n) is 7.74. The van der Waals surface area contributed by atoms with Crippen molar-refractivity contribution in [2.45, 2.75) is 12.6 Å². The Hall–Kier alpha value is -3.17. The van der Waals surface area contributed by atoms with Gasteiger partial charge in [0.1, 0.15) is 17.7 Å². The second kappa shape index (κ2) is 9.13. The van der Waals surface area contributed by atoms with Crippen molar-refractivity contribution in [1.82, 2.24) is 25.1 Å². The van der Waals surface area contributed by atoms with Crippen LogP contribution in [-0.2, 0) is 6.54 Å². The number of hydrogen-bond acceptors (Lipinski definition) is 6. The van der Waals surface area contributed by atoms with Crippen LogP contribution in [0.4, 0.5) is 14.5 Å². The first kappa shape index (κ1) is 20.7. The lowest BCUT2D eigenvalue weighted by Gasteiger charge is -2.39. The van der Waals surface area contributed by atoms with Crippen molar-refractivity contribution in [1.29, 1.82) is 0 Å². The van der Waals surface area contributed by atoms with E-state index in [9.17, 15) is 8.78 Å². The number of tetrazole rings is 1. The summed E-state index contributed by atoms with van der Waals surface area (Å²) in [7, 11) is 0. The number of benzene rings is 2. The third-order valence-electron chi connectivity index (χ3n) is 5.73. The van der Waals surface area contributed by atoms with Crippen LogP contribution in [0, 0.1) is 11.6 Å². The number of rotatable bonds is 6. The lowest BCUT2D eigenvalue weighted by molar-refractivity contribution is 0.204. The second-order valence-corrected chi connectivity index (χ2v) is 8.72. The molecule has 0 bridgehead atoms. The molecule has 164 valence electrons. The van der Waals surface area contributed by atoms with Crippen molar-refractivity contribution in [3.63, 3.8) is 0 Å². The highest BCUT2D eigenvalue weighted by molar-refractivity contribution is 7.10. The minimum absolute atomic E-state index is 0.0687. The third-order valence-corrected chi connectivity index (χ3v) is 6.66. The number of anilines is 1. The van der Waals surface area contributed by atoms with Crippen LogP contribution in [0.5, 0.6) is 0 Å². The molecule has 6 nitrogen and oxygen atoms in total. The van der Waals surface area contributed by atoms with Gasteiger partial charge >= 0.3 is 0 Å². The molecule has 32 heavy (non-hydrogen) atoms. The van der Waals surface area contributed by atoms with Gasteiger partial charge in [-0.15, -0.1) is 16.4 Å². The first-order valence-corrected chi connectivity index (χ1v) is 11.3. The summed E-state index contributed by atoms with van der Waals surface area (Å²) in [5, 5.41) is 14.6. The van der Waals surface area contributed by atoms with Crippen LogP contribution < -0.4 is 4.90 Å². The summed E-state index contributed by atoms with van der Waals surface area (Å²) >= 11 is 1.68. The van der Waals surface area contributed by atoms with Gasteiger partial charge in [-0.3, -0.25) is 4.90 Å². The lowest BCUT2D eigenvalue weighted by atomic mass is 10.1. The topological polar surface area (TPSA) is 50.1 Å². The molecule has 4 aromatic rings. The van der Waals surface area contributed by atoms with E-state index in [4.69, 9.17) is 0 Å². The largest absolute Gasteiger partial charge is 0.369 e. The van der Waals surface area contributed by atoms with Crippen molar-refractivity contribution in [2.24, 2.45) is 0 Å². The quantitative estimate of drug-likeness (QED) is 0.443. The molecule has 0 amide bonds. The summed E-state index contributed by atoms with van der Waals surface area (Å²) in [6, 6.07) is 17.1. The van der Waals surface area contributed by atoms with Gasteiger partial charge in [-0.1, -0.05) is 18.2 Å². The zero-order chi connectivity index (χ0) is 21.9. The van der Waals surface area contributed by atoms with Crippen molar-refractivity contribution in [3.8, 4) is 0 Å².